The van der Waals surface area contributed by atoms with Crippen molar-refractivity contribution in [2.24, 2.45) is 5.41 Å². The SMILES string of the molecule is CCC1(CC)CN(Cc2cn[nH]c2N)C1. The van der Waals surface area contributed by atoms with Gasteiger partial charge >= 0.3 is 0 Å². The molecule has 3 N–H and O–H groups in total. The summed E-state index contributed by atoms with van der Waals surface area (Å²) < 4.78 is 0. The van der Waals surface area contributed by atoms with Crippen molar-refractivity contribution in [2.45, 2.75) is 33.2 Å². The minimum Gasteiger partial charge on any atom is -0.384 e. The first-order chi connectivity index (χ1) is 7.19. The molecule has 1 aliphatic heterocycles. The van der Waals surface area contributed by atoms with E-state index in [0.29, 0.717) is 11.2 Å². The molecule has 1 aromatic rings. The first-order valence-corrected chi connectivity index (χ1v) is 5.69. The molecule has 0 atom stereocenters. The first kappa shape index (κ1) is 10.5. The van der Waals surface area contributed by atoms with Gasteiger partial charge in [-0.15, -0.1) is 0 Å². The van der Waals surface area contributed by atoms with E-state index in [1.807, 2.05) is 6.20 Å². The number of nitrogens with two attached hydrogens (primary N) is 1. The maximum absolute atomic E-state index is 5.76. The Hall–Kier alpha value is -1.03. The van der Waals surface area contributed by atoms with E-state index in [-0.39, 0.29) is 0 Å². The summed E-state index contributed by atoms with van der Waals surface area (Å²) in [5.41, 5.74) is 7.44. The predicted molar refractivity (Wildman–Crippen MR) is 61.3 cm³/mol. The Morgan fingerprint density at radius 1 is 1.47 bits per heavy atom. The lowest BCUT2D eigenvalue weighted by Gasteiger charge is -2.50. The average molecular weight is 208 g/mol. The van der Waals surface area contributed by atoms with Gasteiger partial charge in [0.05, 0.1) is 6.20 Å². The van der Waals surface area contributed by atoms with E-state index in [0.717, 1.165) is 12.1 Å². The molecule has 1 saturated heterocycles. The Labute approximate surface area is 90.8 Å². The van der Waals surface area contributed by atoms with Crippen LogP contribution in [0.1, 0.15) is 32.3 Å². The van der Waals surface area contributed by atoms with Crippen molar-refractivity contribution < 1.29 is 0 Å². The van der Waals surface area contributed by atoms with E-state index in [9.17, 15) is 0 Å². The molecule has 1 fully saturated rings. The van der Waals surface area contributed by atoms with Gasteiger partial charge in [-0.3, -0.25) is 10.00 Å². The van der Waals surface area contributed by atoms with E-state index in [2.05, 4.69) is 28.9 Å². The van der Waals surface area contributed by atoms with Gasteiger partial charge in [0.15, 0.2) is 0 Å². The third-order valence-corrected chi connectivity index (χ3v) is 3.76. The molecule has 0 unspecified atom stereocenters. The fourth-order valence-electron chi connectivity index (χ4n) is 2.40. The molecule has 0 saturated carbocycles. The molecule has 0 amide bonds. The normalized spacial score (nSPS) is 20.1. The van der Waals surface area contributed by atoms with Gasteiger partial charge in [0, 0.05) is 25.2 Å². The standard InChI is InChI=1S/C11H20N4/c1-3-11(4-2)7-15(8-11)6-9-5-13-14-10(9)12/h5H,3-4,6-8H2,1-2H3,(H3,12,13,14). The average Bonchev–Trinajstić information content (AvgIpc) is 2.57. The van der Waals surface area contributed by atoms with Gasteiger partial charge in [0.1, 0.15) is 5.82 Å². The van der Waals surface area contributed by atoms with Crippen molar-refractivity contribution in [2.75, 3.05) is 18.8 Å². The maximum atomic E-state index is 5.76. The molecule has 4 heteroatoms. The molecule has 0 radical (unpaired) electrons. The van der Waals surface area contributed by atoms with Crippen molar-refractivity contribution >= 4 is 5.82 Å². The van der Waals surface area contributed by atoms with Crippen LogP contribution in [-0.2, 0) is 6.54 Å². The topological polar surface area (TPSA) is 57.9 Å². The Kier molecular flexibility index (Phi) is 2.69. The van der Waals surface area contributed by atoms with E-state index >= 15 is 0 Å². The molecule has 1 aromatic heterocycles. The van der Waals surface area contributed by atoms with Crippen LogP contribution in [0.3, 0.4) is 0 Å². The second kappa shape index (κ2) is 3.85. The van der Waals surface area contributed by atoms with Crippen LogP contribution in [0, 0.1) is 5.41 Å². The zero-order valence-corrected chi connectivity index (χ0v) is 9.58. The minimum atomic E-state index is 0.568. The van der Waals surface area contributed by atoms with Crippen LogP contribution in [0.15, 0.2) is 6.20 Å². The first-order valence-electron chi connectivity index (χ1n) is 5.69. The molecule has 0 bridgehead atoms. The molecule has 0 spiro atoms. The molecule has 0 aliphatic carbocycles. The van der Waals surface area contributed by atoms with Crippen molar-refractivity contribution in [3.05, 3.63) is 11.8 Å². The zero-order valence-electron chi connectivity index (χ0n) is 9.58. The van der Waals surface area contributed by atoms with Gasteiger partial charge in [-0.1, -0.05) is 13.8 Å². The number of aromatic nitrogens is 2. The van der Waals surface area contributed by atoms with Gasteiger partial charge < -0.3 is 5.73 Å². The highest BCUT2D eigenvalue weighted by molar-refractivity contribution is 5.36. The van der Waals surface area contributed by atoms with Crippen molar-refractivity contribution in [1.82, 2.24) is 15.1 Å². The fraction of sp³-hybridized carbons (Fsp3) is 0.727. The summed E-state index contributed by atoms with van der Waals surface area (Å²) in [5.74, 6) is 0.709. The third kappa shape index (κ3) is 1.86. The number of nitrogens with zero attached hydrogens (tertiary/aromatic N) is 2. The number of rotatable bonds is 4. The lowest BCUT2D eigenvalue weighted by atomic mass is 9.75. The van der Waals surface area contributed by atoms with Crippen LogP contribution in [0.2, 0.25) is 0 Å². The van der Waals surface area contributed by atoms with Gasteiger partial charge in [-0.2, -0.15) is 5.10 Å². The summed E-state index contributed by atoms with van der Waals surface area (Å²) in [6, 6.07) is 0. The van der Waals surface area contributed by atoms with Crippen molar-refractivity contribution in [3.8, 4) is 0 Å². The lowest BCUT2D eigenvalue weighted by molar-refractivity contribution is -0.0118. The number of likely N-dealkylation sites (tertiary alicyclic amines) is 1. The smallest absolute Gasteiger partial charge is 0.123 e. The number of H-pyrrole nitrogens is 1. The molecule has 0 aromatic carbocycles. The molecular formula is C11H20N4. The summed E-state index contributed by atoms with van der Waals surface area (Å²) in [7, 11) is 0. The summed E-state index contributed by atoms with van der Waals surface area (Å²) in [5, 5.41) is 6.71. The van der Waals surface area contributed by atoms with Crippen molar-refractivity contribution in [1.29, 1.82) is 0 Å². The van der Waals surface area contributed by atoms with Gasteiger partial charge in [-0.05, 0) is 18.3 Å². The second-order valence-electron chi connectivity index (χ2n) is 4.66. The number of hydrogen-bond donors (Lipinski definition) is 2. The number of anilines is 1. The summed E-state index contributed by atoms with van der Waals surface area (Å²) in [4.78, 5) is 2.44. The third-order valence-electron chi connectivity index (χ3n) is 3.76. The van der Waals surface area contributed by atoms with E-state index in [1.165, 1.54) is 25.9 Å². The summed E-state index contributed by atoms with van der Waals surface area (Å²) in [6.45, 7) is 7.90. The van der Waals surface area contributed by atoms with Crippen LogP contribution in [-0.4, -0.2) is 28.2 Å². The van der Waals surface area contributed by atoms with Crippen LogP contribution in [0.5, 0.6) is 0 Å². The Morgan fingerprint density at radius 2 is 2.13 bits per heavy atom. The van der Waals surface area contributed by atoms with Crippen molar-refractivity contribution in [3.63, 3.8) is 0 Å². The highest BCUT2D eigenvalue weighted by Crippen LogP contribution is 2.37. The molecule has 1 aliphatic rings. The van der Waals surface area contributed by atoms with Gasteiger partial charge in [0.2, 0.25) is 0 Å². The minimum absolute atomic E-state index is 0.568. The molecule has 15 heavy (non-hydrogen) atoms. The van der Waals surface area contributed by atoms with Gasteiger partial charge in [-0.25, -0.2) is 0 Å². The summed E-state index contributed by atoms with van der Waals surface area (Å²) in [6.07, 6.45) is 4.38. The quantitative estimate of drug-likeness (QED) is 0.790. The Bertz CT molecular complexity index is 319. The highest BCUT2D eigenvalue weighted by atomic mass is 15.2. The molecule has 2 heterocycles. The van der Waals surface area contributed by atoms with E-state index in [1.54, 1.807) is 0 Å². The summed E-state index contributed by atoms with van der Waals surface area (Å²) >= 11 is 0. The van der Waals surface area contributed by atoms with Crippen LogP contribution in [0.25, 0.3) is 0 Å². The second-order valence-corrected chi connectivity index (χ2v) is 4.66. The highest BCUT2D eigenvalue weighted by Gasteiger charge is 2.39. The number of nitrogens with one attached hydrogen (secondary N) is 1. The zero-order chi connectivity index (χ0) is 10.9. The largest absolute Gasteiger partial charge is 0.384 e. The molecule has 4 nitrogen and oxygen atoms in total. The molecular weight excluding hydrogens is 188 g/mol. The predicted octanol–water partition coefficient (Wildman–Crippen LogP) is 1.61. The van der Waals surface area contributed by atoms with Crippen LogP contribution >= 0.6 is 0 Å². The molecule has 84 valence electrons. The number of aromatic amines is 1. The van der Waals surface area contributed by atoms with E-state index < -0.39 is 0 Å². The Morgan fingerprint density at radius 3 is 2.60 bits per heavy atom. The molecule has 2 rings (SSSR count). The van der Waals surface area contributed by atoms with Crippen LogP contribution in [0.4, 0.5) is 5.82 Å². The Balaban J connectivity index is 1.88. The monoisotopic (exact) mass is 208 g/mol. The lowest BCUT2D eigenvalue weighted by Crippen LogP contribution is -2.54. The van der Waals surface area contributed by atoms with Gasteiger partial charge in [0.25, 0.3) is 0 Å². The number of hydrogen-bond acceptors (Lipinski definition) is 3. The fourth-order valence-corrected chi connectivity index (χ4v) is 2.40. The van der Waals surface area contributed by atoms with E-state index in [4.69, 9.17) is 5.73 Å². The number of nitrogen functional groups attached to an aromatic ring is 1. The van der Waals surface area contributed by atoms with Crippen LogP contribution < -0.4 is 5.73 Å². The maximum Gasteiger partial charge on any atom is 0.123 e.